The van der Waals surface area contributed by atoms with Crippen LogP contribution < -0.4 is 0 Å². The van der Waals surface area contributed by atoms with Gasteiger partial charge in [-0.1, -0.05) is 6.07 Å². The maximum absolute atomic E-state index is 12.9. The van der Waals surface area contributed by atoms with E-state index in [0.717, 1.165) is 5.56 Å². The van der Waals surface area contributed by atoms with Gasteiger partial charge in [0.15, 0.2) is 5.82 Å². The Bertz CT molecular complexity index is 392. The Balaban J connectivity index is 2.96. The van der Waals surface area contributed by atoms with E-state index in [1.807, 2.05) is 19.1 Å². The first-order valence-corrected chi connectivity index (χ1v) is 3.37. The highest BCUT2D eigenvalue weighted by Crippen LogP contribution is 2.12. The third kappa shape index (κ3) is 0.808. The van der Waals surface area contributed by atoms with Gasteiger partial charge in [0.1, 0.15) is 5.52 Å². The number of fused-ring (bicyclic) bond motifs is 1. The van der Waals surface area contributed by atoms with Crippen LogP contribution in [-0.2, 0) is 0 Å². The number of aryl methyl sites for hydroxylation is 1. The number of hydrogen-bond donors (Lipinski definition) is 0. The second kappa shape index (κ2) is 2.05. The number of hydrogen-bond acceptors (Lipinski definition) is 1. The molecule has 2 nitrogen and oxygen atoms in total. The molecule has 56 valence electrons. The van der Waals surface area contributed by atoms with Crippen molar-refractivity contribution in [3.05, 3.63) is 35.9 Å². The van der Waals surface area contributed by atoms with Crippen LogP contribution in [0.15, 0.2) is 24.5 Å². The highest BCUT2D eigenvalue weighted by atomic mass is 19.1. The van der Waals surface area contributed by atoms with Gasteiger partial charge in [-0.3, -0.25) is 0 Å². The van der Waals surface area contributed by atoms with E-state index in [0.29, 0.717) is 5.52 Å². The minimum Gasteiger partial charge on any atom is -0.238 e. The summed E-state index contributed by atoms with van der Waals surface area (Å²) in [4.78, 5) is 0. The highest BCUT2D eigenvalue weighted by molar-refractivity contribution is 5.53. The van der Waals surface area contributed by atoms with E-state index in [1.165, 1.54) is 10.7 Å². The summed E-state index contributed by atoms with van der Waals surface area (Å²) in [6.45, 7) is 1.86. The Morgan fingerprint density at radius 2 is 2.36 bits per heavy atom. The zero-order chi connectivity index (χ0) is 7.84. The Morgan fingerprint density at radius 3 is 3.09 bits per heavy atom. The molecule has 2 rings (SSSR count). The highest BCUT2D eigenvalue weighted by Gasteiger charge is 2.03. The average molecular weight is 150 g/mol. The van der Waals surface area contributed by atoms with E-state index in [9.17, 15) is 4.39 Å². The van der Waals surface area contributed by atoms with Gasteiger partial charge in [0.05, 0.1) is 6.20 Å². The van der Waals surface area contributed by atoms with Crippen molar-refractivity contribution in [2.24, 2.45) is 0 Å². The maximum atomic E-state index is 12.9. The lowest BCUT2D eigenvalue weighted by Gasteiger charge is -1.95. The standard InChI is InChI=1S/C8H7FN2/c1-6-3-2-4-11-8(6)7(9)5-10-11/h2-5H,1H3. The summed E-state index contributed by atoms with van der Waals surface area (Å²) in [6.07, 6.45) is 2.95. The Morgan fingerprint density at radius 1 is 1.55 bits per heavy atom. The molecule has 11 heavy (non-hydrogen) atoms. The fraction of sp³-hybridized carbons (Fsp3) is 0.125. The molecule has 3 heteroatoms. The normalized spacial score (nSPS) is 10.7. The zero-order valence-electron chi connectivity index (χ0n) is 6.08. The average Bonchev–Trinajstić information content (AvgIpc) is 2.34. The largest absolute Gasteiger partial charge is 0.238 e. The van der Waals surface area contributed by atoms with E-state index in [2.05, 4.69) is 5.10 Å². The lowest BCUT2D eigenvalue weighted by Crippen LogP contribution is -1.87. The molecule has 0 aliphatic rings. The summed E-state index contributed by atoms with van der Waals surface area (Å²) >= 11 is 0. The Kier molecular flexibility index (Phi) is 1.18. The molecule has 0 saturated carbocycles. The third-order valence-electron chi connectivity index (χ3n) is 1.70. The Labute approximate surface area is 63.3 Å². The molecule has 0 spiro atoms. The second-order valence-electron chi connectivity index (χ2n) is 2.48. The summed E-state index contributed by atoms with van der Waals surface area (Å²) < 4.78 is 14.5. The van der Waals surface area contributed by atoms with Gasteiger partial charge in [-0.2, -0.15) is 5.10 Å². The van der Waals surface area contributed by atoms with Crippen molar-refractivity contribution >= 4 is 5.52 Å². The van der Waals surface area contributed by atoms with Crippen LogP contribution in [0.4, 0.5) is 4.39 Å². The zero-order valence-corrected chi connectivity index (χ0v) is 6.08. The molecular formula is C8H7FN2. The molecular weight excluding hydrogens is 143 g/mol. The van der Waals surface area contributed by atoms with Crippen LogP contribution in [0, 0.1) is 12.7 Å². The first-order valence-electron chi connectivity index (χ1n) is 3.37. The van der Waals surface area contributed by atoms with Gasteiger partial charge in [-0.25, -0.2) is 8.91 Å². The first-order chi connectivity index (χ1) is 5.29. The molecule has 0 fully saturated rings. The fourth-order valence-electron chi connectivity index (χ4n) is 1.17. The summed E-state index contributed by atoms with van der Waals surface area (Å²) in [7, 11) is 0. The lowest BCUT2D eigenvalue weighted by atomic mass is 10.2. The van der Waals surface area contributed by atoms with Crippen LogP contribution in [0.2, 0.25) is 0 Å². The molecule has 0 aromatic carbocycles. The minimum atomic E-state index is -0.261. The van der Waals surface area contributed by atoms with Crippen molar-refractivity contribution in [2.75, 3.05) is 0 Å². The van der Waals surface area contributed by atoms with Gasteiger partial charge in [0.25, 0.3) is 0 Å². The van der Waals surface area contributed by atoms with E-state index >= 15 is 0 Å². The molecule has 0 bridgehead atoms. The predicted molar refractivity (Wildman–Crippen MR) is 39.9 cm³/mol. The smallest absolute Gasteiger partial charge is 0.169 e. The molecule has 2 aromatic heterocycles. The predicted octanol–water partition coefficient (Wildman–Crippen LogP) is 1.78. The number of halogens is 1. The molecule has 0 saturated heterocycles. The van der Waals surface area contributed by atoms with E-state index in [4.69, 9.17) is 0 Å². The van der Waals surface area contributed by atoms with Crippen LogP contribution in [0.25, 0.3) is 5.52 Å². The molecule has 0 radical (unpaired) electrons. The quantitative estimate of drug-likeness (QED) is 0.559. The summed E-state index contributed by atoms with van der Waals surface area (Å²) in [5.74, 6) is -0.261. The van der Waals surface area contributed by atoms with Crippen LogP contribution in [0.1, 0.15) is 5.56 Å². The minimum absolute atomic E-state index is 0.261. The van der Waals surface area contributed by atoms with Gasteiger partial charge >= 0.3 is 0 Å². The van der Waals surface area contributed by atoms with Crippen molar-refractivity contribution in [2.45, 2.75) is 6.92 Å². The van der Waals surface area contributed by atoms with Gasteiger partial charge in [0, 0.05) is 6.20 Å². The van der Waals surface area contributed by atoms with E-state index in [1.54, 1.807) is 6.20 Å². The van der Waals surface area contributed by atoms with Crippen molar-refractivity contribution in [1.29, 1.82) is 0 Å². The molecule has 0 amide bonds. The monoisotopic (exact) mass is 150 g/mol. The molecule has 2 aromatic rings. The molecule has 0 aliphatic carbocycles. The van der Waals surface area contributed by atoms with E-state index in [-0.39, 0.29) is 5.82 Å². The summed E-state index contributed by atoms with van der Waals surface area (Å²) in [6, 6.07) is 3.70. The van der Waals surface area contributed by atoms with Gasteiger partial charge in [-0.05, 0) is 18.6 Å². The number of pyridine rings is 1. The summed E-state index contributed by atoms with van der Waals surface area (Å²) in [5.41, 5.74) is 1.47. The SMILES string of the molecule is Cc1cccn2ncc(F)c12. The third-order valence-corrected chi connectivity index (χ3v) is 1.70. The second-order valence-corrected chi connectivity index (χ2v) is 2.48. The van der Waals surface area contributed by atoms with Crippen molar-refractivity contribution < 1.29 is 4.39 Å². The Hall–Kier alpha value is -1.38. The van der Waals surface area contributed by atoms with Crippen LogP contribution in [0.3, 0.4) is 0 Å². The molecule has 0 aliphatic heterocycles. The van der Waals surface area contributed by atoms with Crippen molar-refractivity contribution in [3.8, 4) is 0 Å². The van der Waals surface area contributed by atoms with Gasteiger partial charge in [-0.15, -0.1) is 0 Å². The van der Waals surface area contributed by atoms with Crippen molar-refractivity contribution in [1.82, 2.24) is 9.61 Å². The van der Waals surface area contributed by atoms with Crippen LogP contribution in [0.5, 0.6) is 0 Å². The van der Waals surface area contributed by atoms with Gasteiger partial charge in [0.2, 0.25) is 0 Å². The molecule has 0 atom stereocenters. The first kappa shape index (κ1) is 6.34. The van der Waals surface area contributed by atoms with Crippen LogP contribution >= 0.6 is 0 Å². The lowest BCUT2D eigenvalue weighted by molar-refractivity contribution is 0.638. The molecule has 0 unspecified atom stereocenters. The maximum Gasteiger partial charge on any atom is 0.169 e. The van der Waals surface area contributed by atoms with Crippen LogP contribution in [-0.4, -0.2) is 9.61 Å². The molecule has 2 heterocycles. The van der Waals surface area contributed by atoms with Crippen molar-refractivity contribution in [3.63, 3.8) is 0 Å². The van der Waals surface area contributed by atoms with Gasteiger partial charge < -0.3 is 0 Å². The molecule has 0 N–H and O–H groups in total. The number of aromatic nitrogens is 2. The summed E-state index contributed by atoms with van der Waals surface area (Å²) in [5, 5.41) is 3.82. The number of rotatable bonds is 0. The topological polar surface area (TPSA) is 17.3 Å². The van der Waals surface area contributed by atoms with E-state index < -0.39 is 0 Å². The number of nitrogens with zero attached hydrogens (tertiary/aromatic N) is 2. The fourth-order valence-corrected chi connectivity index (χ4v) is 1.17.